The van der Waals surface area contributed by atoms with Crippen LogP contribution in [0.4, 0.5) is 0 Å². The van der Waals surface area contributed by atoms with Gasteiger partial charge in [0.25, 0.3) is 0 Å². The largest absolute Gasteiger partial charge is 0.0622 e. The molecule has 1 rings (SSSR count). The van der Waals surface area contributed by atoms with E-state index in [-0.39, 0.29) is 0 Å². The van der Waals surface area contributed by atoms with Crippen LogP contribution < -0.4 is 0 Å². The maximum absolute atomic E-state index is 2.39. The molecule has 54 valence electrons. The molecule has 1 aliphatic carbocycles. The van der Waals surface area contributed by atoms with Crippen LogP contribution in [0.5, 0.6) is 0 Å². The number of hydrogen-bond acceptors (Lipinski definition) is 0. The molecule has 4 atom stereocenters. The summed E-state index contributed by atoms with van der Waals surface area (Å²) in [6, 6.07) is 0. The van der Waals surface area contributed by atoms with Gasteiger partial charge in [-0.3, -0.25) is 0 Å². The summed E-state index contributed by atoms with van der Waals surface area (Å²) in [7, 11) is 0. The minimum atomic E-state index is 0.958. The van der Waals surface area contributed by atoms with Crippen LogP contribution in [0.25, 0.3) is 0 Å². The van der Waals surface area contributed by atoms with Crippen LogP contribution in [0.15, 0.2) is 0 Å². The van der Waals surface area contributed by atoms with Crippen molar-refractivity contribution in [2.75, 3.05) is 0 Å². The number of hydrogen-bond donors (Lipinski definition) is 0. The maximum Gasteiger partial charge on any atom is -0.0389 e. The van der Waals surface area contributed by atoms with Crippen LogP contribution in [0, 0.1) is 23.7 Å². The molecule has 0 heteroatoms. The van der Waals surface area contributed by atoms with Crippen LogP contribution in [-0.4, -0.2) is 0 Å². The molecule has 0 spiro atoms. The summed E-state index contributed by atoms with van der Waals surface area (Å²) >= 11 is 0. The van der Waals surface area contributed by atoms with Crippen LogP contribution >= 0.6 is 0 Å². The highest BCUT2D eigenvalue weighted by atomic mass is 14.4. The van der Waals surface area contributed by atoms with Crippen LogP contribution in [0.1, 0.15) is 34.1 Å². The summed E-state index contributed by atoms with van der Waals surface area (Å²) in [5, 5.41) is 0. The van der Waals surface area contributed by atoms with Crippen molar-refractivity contribution in [1.82, 2.24) is 0 Å². The molecular weight excluding hydrogens is 108 g/mol. The van der Waals surface area contributed by atoms with Gasteiger partial charge >= 0.3 is 0 Å². The third-order valence-electron chi connectivity index (χ3n) is 3.37. The summed E-state index contributed by atoms with van der Waals surface area (Å²) in [6.45, 7) is 9.53. The van der Waals surface area contributed by atoms with Gasteiger partial charge in [-0.2, -0.15) is 0 Å². The lowest BCUT2D eigenvalue weighted by molar-refractivity contribution is 0.352. The van der Waals surface area contributed by atoms with Crippen molar-refractivity contribution in [1.29, 1.82) is 0 Å². The smallest absolute Gasteiger partial charge is 0.0389 e. The zero-order chi connectivity index (χ0) is 7.02. The van der Waals surface area contributed by atoms with E-state index in [0.717, 1.165) is 23.7 Å². The average Bonchev–Trinajstić information content (AvgIpc) is 1.98. The van der Waals surface area contributed by atoms with Crippen LogP contribution in [0.3, 0.4) is 0 Å². The van der Waals surface area contributed by atoms with E-state index in [9.17, 15) is 0 Å². The molecule has 0 aromatic carbocycles. The molecule has 0 saturated heterocycles. The molecule has 0 N–H and O–H groups in total. The van der Waals surface area contributed by atoms with Gasteiger partial charge in [-0.25, -0.2) is 0 Å². The molecule has 0 aromatic rings. The van der Waals surface area contributed by atoms with Gasteiger partial charge in [0.2, 0.25) is 0 Å². The molecule has 0 nitrogen and oxygen atoms in total. The minimum Gasteiger partial charge on any atom is -0.0622 e. The monoisotopic (exact) mass is 126 g/mol. The topological polar surface area (TPSA) is 0 Å². The van der Waals surface area contributed by atoms with Crippen molar-refractivity contribution < 1.29 is 0 Å². The normalized spacial score (nSPS) is 52.0. The second-order valence-electron chi connectivity index (χ2n) is 3.91. The predicted octanol–water partition coefficient (Wildman–Crippen LogP) is 2.93. The second kappa shape index (κ2) is 2.32. The van der Waals surface area contributed by atoms with Gasteiger partial charge in [-0.1, -0.05) is 27.7 Å². The molecular formula is C9H18. The molecule has 1 saturated carbocycles. The van der Waals surface area contributed by atoms with Gasteiger partial charge in [0, 0.05) is 0 Å². The first-order valence-electron chi connectivity index (χ1n) is 4.13. The zero-order valence-electron chi connectivity index (χ0n) is 7.02. The SMILES string of the molecule is CC1C[C@@H](C)C(C)C1C. The third-order valence-corrected chi connectivity index (χ3v) is 3.37. The minimum absolute atomic E-state index is 0.958. The molecule has 0 radical (unpaired) electrons. The molecule has 0 bridgehead atoms. The van der Waals surface area contributed by atoms with Gasteiger partial charge in [0.05, 0.1) is 0 Å². The van der Waals surface area contributed by atoms with Crippen LogP contribution in [-0.2, 0) is 0 Å². The van der Waals surface area contributed by atoms with Gasteiger partial charge in [-0.15, -0.1) is 0 Å². The van der Waals surface area contributed by atoms with E-state index < -0.39 is 0 Å². The lowest BCUT2D eigenvalue weighted by Crippen LogP contribution is -2.07. The summed E-state index contributed by atoms with van der Waals surface area (Å²) < 4.78 is 0. The van der Waals surface area contributed by atoms with Crippen LogP contribution in [0.2, 0.25) is 0 Å². The highest BCUT2D eigenvalue weighted by Gasteiger charge is 2.31. The predicted molar refractivity (Wildman–Crippen MR) is 41.3 cm³/mol. The quantitative estimate of drug-likeness (QED) is 0.468. The van der Waals surface area contributed by atoms with E-state index in [1.54, 1.807) is 0 Å². The van der Waals surface area contributed by atoms with Crippen molar-refractivity contribution in [2.45, 2.75) is 34.1 Å². The summed E-state index contributed by atoms with van der Waals surface area (Å²) in [5.74, 6) is 3.85. The first kappa shape index (κ1) is 7.11. The highest BCUT2D eigenvalue weighted by molar-refractivity contribution is 4.81. The molecule has 9 heavy (non-hydrogen) atoms. The first-order chi connectivity index (χ1) is 4.13. The fourth-order valence-corrected chi connectivity index (χ4v) is 2.05. The van der Waals surface area contributed by atoms with E-state index in [0.29, 0.717) is 0 Å². The Morgan fingerprint density at radius 2 is 1.11 bits per heavy atom. The van der Waals surface area contributed by atoms with Crippen molar-refractivity contribution in [3.8, 4) is 0 Å². The Morgan fingerprint density at radius 3 is 1.22 bits per heavy atom. The molecule has 3 unspecified atom stereocenters. The molecule has 1 aliphatic rings. The second-order valence-corrected chi connectivity index (χ2v) is 3.91. The standard InChI is InChI=1S/C9H18/c1-6-5-7(2)9(4)8(6)3/h6-9H,5H2,1-4H3/t6-,7?,8?,9?/m1/s1. The van der Waals surface area contributed by atoms with E-state index in [2.05, 4.69) is 27.7 Å². The Bertz CT molecular complexity index is 84.2. The Balaban J connectivity index is 2.54. The van der Waals surface area contributed by atoms with E-state index >= 15 is 0 Å². The van der Waals surface area contributed by atoms with Crippen molar-refractivity contribution in [2.24, 2.45) is 23.7 Å². The van der Waals surface area contributed by atoms with Crippen molar-refractivity contribution in [3.63, 3.8) is 0 Å². The van der Waals surface area contributed by atoms with Crippen molar-refractivity contribution >= 4 is 0 Å². The highest BCUT2D eigenvalue weighted by Crippen LogP contribution is 2.40. The lowest BCUT2D eigenvalue weighted by atomic mass is 9.92. The zero-order valence-corrected chi connectivity index (χ0v) is 7.02. The Hall–Kier alpha value is 0. The maximum atomic E-state index is 2.39. The van der Waals surface area contributed by atoms with Gasteiger partial charge in [0.1, 0.15) is 0 Å². The fourth-order valence-electron chi connectivity index (χ4n) is 2.05. The summed E-state index contributed by atoms with van der Waals surface area (Å²) in [5.41, 5.74) is 0. The molecule has 0 aromatic heterocycles. The fraction of sp³-hybridized carbons (Fsp3) is 1.00. The van der Waals surface area contributed by atoms with Crippen molar-refractivity contribution in [3.05, 3.63) is 0 Å². The number of rotatable bonds is 0. The third kappa shape index (κ3) is 1.12. The molecule has 1 fully saturated rings. The van der Waals surface area contributed by atoms with Gasteiger partial charge in [-0.05, 0) is 30.1 Å². The first-order valence-corrected chi connectivity index (χ1v) is 4.13. The van der Waals surface area contributed by atoms with E-state index in [1.165, 1.54) is 6.42 Å². The summed E-state index contributed by atoms with van der Waals surface area (Å²) in [4.78, 5) is 0. The Kier molecular flexibility index (Phi) is 1.83. The molecule has 0 heterocycles. The van der Waals surface area contributed by atoms with Gasteiger partial charge in [0.15, 0.2) is 0 Å². The lowest BCUT2D eigenvalue weighted by Gasteiger charge is -2.14. The molecule has 0 amide bonds. The average molecular weight is 126 g/mol. The van der Waals surface area contributed by atoms with Gasteiger partial charge < -0.3 is 0 Å². The molecule has 0 aliphatic heterocycles. The van der Waals surface area contributed by atoms with E-state index in [1.807, 2.05) is 0 Å². The Labute approximate surface area is 58.7 Å². The van der Waals surface area contributed by atoms with E-state index in [4.69, 9.17) is 0 Å². The Morgan fingerprint density at radius 1 is 0.778 bits per heavy atom. The summed E-state index contributed by atoms with van der Waals surface area (Å²) in [6.07, 6.45) is 1.45.